The van der Waals surface area contributed by atoms with Gasteiger partial charge >= 0.3 is 0 Å². The lowest BCUT2D eigenvalue weighted by atomic mass is 9.78. The maximum atomic E-state index is 11.0. The first-order valence-electron chi connectivity index (χ1n) is 10.6. The van der Waals surface area contributed by atoms with Crippen LogP contribution in [0.3, 0.4) is 0 Å². The number of benzene rings is 2. The second-order valence-corrected chi connectivity index (χ2v) is 9.06. The van der Waals surface area contributed by atoms with Crippen molar-refractivity contribution < 1.29 is 14.6 Å². The standard InChI is InChI=1S/C24H28N2O3/c1-15(2)17-10-20(22-21(11-17)29-24(14-25-22)7-4-8-24)16-5-3-6-19(9-16)26-12-18(13-26)23(27)28/h3,5-6,9-11,15,18,25H,4,7-8,12-14H2,1-2H3,(H,27,28)/p-1. The second kappa shape index (κ2) is 6.68. The van der Waals surface area contributed by atoms with Crippen molar-refractivity contribution in [3.8, 4) is 16.9 Å². The van der Waals surface area contributed by atoms with E-state index in [0.29, 0.717) is 19.0 Å². The molecule has 0 bridgehead atoms. The number of aliphatic carboxylic acids is 1. The molecule has 5 nitrogen and oxygen atoms in total. The summed E-state index contributed by atoms with van der Waals surface area (Å²) >= 11 is 0. The molecule has 2 aliphatic heterocycles. The molecule has 0 radical (unpaired) electrons. The van der Waals surface area contributed by atoms with Crippen molar-refractivity contribution in [2.75, 3.05) is 29.9 Å². The first kappa shape index (κ1) is 18.3. The molecule has 5 rings (SSSR count). The van der Waals surface area contributed by atoms with Gasteiger partial charge in [0.2, 0.25) is 0 Å². The van der Waals surface area contributed by atoms with E-state index < -0.39 is 5.97 Å². The highest BCUT2D eigenvalue weighted by Gasteiger charge is 2.42. The molecule has 3 aliphatic rings. The lowest BCUT2D eigenvalue weighted by Gasteiger charge is -2.46. The Kier molecular flexibility index (Phi) is 4.23. The van der Waals surface area contributed by atoms with E-state index in [1.54, 1.807) is 0 Å². The van der Waals surface area contributed by atoms with Crippen LogP contribution in [0.2, 0.25) is 0 Å². The van der Waals surface area contributed by atoms with E-state index in [-0.39, 0.29) is 11.5 Å². The molecule has 29 heavy (non-hydrogen) atoms. The molecular weight excluding hydrogens is 364 g/mol. The van der Waals surface area contributed by atoms with Gasteiger partial charge in [-0.1, -0.05) is 26.0 Å². The summed E-state index contributed by atoms with van der Waals surface area (Å²) in [6.07, 6.45) is 3.47. The Labute approximate surface area is 171 Å². The fourth-order valence-corrected chi connectivity index (χ4v) is 4.54. The first-order chi connectivity index (χ1) is 13.9. The summed E-state index contributed by atoms with van der Waals surface area (Å²) in [5.74, 6) is 0.0413. The summed E-state index contributed by atoms with van der Waals surface area (Å²) in [7, 11) is 0. The van der Waals surface area contributed by atoms with Crippen LogP contribution in [0, 0.1) is 5.92 Å². The molecule has 152 valence electrons. The molecule has 0 aromatic heterocycles. The summed E-state index contributed by atoms with van der Waals surface area (Å²) in [4.78, 5) is 13.1. The van der Waals surface area contributed by atoms with Crippen LogP contribution in [-0.4, -0.2) is 31.2 Å². The van der Waals surface area contributed by atoms with Gasteiger partial charge in [-0.3, -0.25) is 0 Å². The summed E-state index contributed by atoms with van der Waals surface area (Å²) in [6.45, 7) is 6.29. The maximum Gasteiger partial charge on any atom is 0.144 e. The minimum absolute atomic E-state index is 0.0285. The maximum absolute atomic E-state index is 11.0. The molecule has 1 saturated carbocycles. The predicted molar refractivity (Wildman–Crippen MR) is 112 cm³/mol. The minimum atomic E-state index is -0.956. The van der Waals surface area contributed by atoms with E-state index in [9.17, 15) is 9.90 Å². The zero-order valence-corrected chi connectivity index (χ0v) is 17.0. The number of carboxylic acid groups (broad SMARTS) is 1. The van der Waals surface area contributed by atoms with E-state index in [4.69, 9.17) is 4.74 Å². The quantitative estimate of drug-likeness (QED) is 0.866. The molecular formula is C24H27N2O3-. The largest absolute Gasteiger partial charge is 0.550 e. The summed E-state index contributed by atoms with van der Waals surface area (Å²) in [5.41, 5.74) is 5.64. The molecule has 1 spiro atoms. The van der Waals surface area contributed by atoms with Crippen LogP contribution in [0.15, 0.2) is 36.4 Å². The van der Waals surface area contributed by atoms with Gasteiger partial charge in [-0.15, -0.1) is 0 Å². The van der Waals surface area contributed by atoms with Crippen LogP contribution in [0.25, 0.3) is 11.1 Å². The zero-order valence-electron chi connectivity index (χ0n) is 17.0. The third-order valence-electron chi connectivity index (χ3n) is 6.71. The number of rotatable bonds is 4. The molecule has 0 unspecified atom stereocenters. The smallest absolute Gasteiger partial charge is 0.144 e. The number of hydrogen-bond acceptors (Lipinski definition) is 5. The van der Waals surface area contributed by atoms with Gasteiger partial charge in [0.15, 0.2) is 0 Å². The van der Waals surface area contributed by atoms with Crippen LogP contribution < -0.4 is 20.1 Å². The van der Waals surface area contributed by atoms with E-state index in [1.165, 1.54) is 12.0 Å². The summed E-state index contributed by atoms with van der Waals surface area (Å²) in [6, 6.07) is 12.8. The van der Waals surface area contributed by atoms with Gasteiger partial charge in [0, 0.05) is 36.2 Å². The van der Waals surface area contributed by atoms with Crippen molar-refractivity contribution in [3.63, 3.8) is 0 Å². The van der Waals surface area contributed by atoms with Gasteiger partial charge in [0.05, 0.1) is 12.2 Å². The molecule has 2 heterocycles. The average molecular weight is 391 g/mol. The Morgan fingerprint density at radius 1 is 1.24 bits per heavy atom. The van der Waals surface area contributed by atoms with Crippen LogP contribution in [0.5, 0.6) is 5.75 Å². The lowest BCUT2D eigenvalue weighted by Crippen LogP contribution is -2.54. The van der Waals surface area contributed by atoms with Crippen molar-refractivity contribution in [3.05, 3.63) is 42.0 Å². The number of anilines is 2. The molecule has 1 aliphatic carbocycles. The highest BCUT2D eigenvalue weighted by molar-refractivity contribution is 5.85. The van der Waals surface area contributed by atoms with Gasteiger partial charge in [0.1, 0.15) is 11.4 Å². The van der Waals surface area contributed by atoms with E-state index >= 15 is 0 Å². The number of ether oxygens (including phenoxy) is 1. The predicted octanol–water partition coefficient (Wildman–Crippen LogP) is 3.39. The van der Waals surface area contributed by atoms with Gasteiger partial charge in [-0.25, -0.2) is 0 Å². The van der Waals surface area contributed by atoms with Gasteiger partial charge in [-0.2, -0.15) is 0 Å². The van der Waals surface area contributed by atoms with Crippen LogP contribution in [0.4, 0.5) is 11.4 Å². The Morgan fingerprint density at radius 2 is 2.03 bits per heavy atom. The Bertz CT molecular complexity index is 959. The van der Waals surface area contributed by atoms with E-state index in [1.807, 2.05) is 12.1 Å². The fourth-order valence-electron chi connectivity index (χ4n) is 4.54. The normalized spacial score (nSPS) is 19.8. The zero-order chi connectivity index (χ0) is 20.2. The molecule has 0 amide bonds. The van der Waals surface area contributed by atoms with Crippen molar-refractivity contribution in [2.24, 2.45) is 5.92 Å². The third kappa shape index (κ3) is 3.13. The number of carbonyl (C=O) groups excluding carboxylic acids is 1. The lowest BCUT2D eigenvalue weighted by molar-refractivity contribution is -0.312. The molecule has 2 fully saturated rings. The van der Waals surface area contributed by atoms with Crippen molar-refractivity contribution in [1.82, 2.24) is 0 Å². The fraction of sp³-hybridized carbons (Fsp3) is 0.458. The Morgan fingerprint density at radius 3 is 2.69 bits per heavy atom. The topological polar surface area (TPSA) is 64.6 Å². The average Bonchev–Trinajstić information content (AvgIpc) is 2.64. The number of fused-ring (bicyclic) bond motifs is 1. The Hall–Kier alpha value is -2.69. The number of nitrogens with zero attached hydrogens (tertiary/aromatic N) is 1. The highest BCUT2D eigenvalue weighted by atomic mass is 16.5. The molecule has 1 saturated heterocycles. The van der Waals surface area contributed by atoms with Gasteiger partial charge < -0.3 is 24.9 Å². The van der Waals surface area contributed by atoms with Gasteiger partial charge in [0.25, 0.3) is 0 Å². The van der Waals surface area contributed by atoms with Gasteiger partial charge in [-0.05, 0) is 60.6 Å². The summed E-state index contributed by atoms with van der Waals surface area (Å²) < 4.78 is 6.51. The Balaban J connectivity index is 1.51. The molecule has 0 atom stereocenters. The number of nitrogens with one attached hydrogen (secondary N) is 1. The third-order valence-corrected chi connectivity index (χ3v) is 6.71. The van der Waals surface area contributed by atoms with Crippen molar-refractivity contribution in [2.45, 2.75) is 44.6 Å². The monoisotopic (exact) mass is 391 g/mol. The summed E-state index contributed by atoms with van der Waals surface area (Å²) in [5, 5.41) is 14.7. The number of hydrogen-bond donors (Lipinski definition) is 1. The molecule has 1 N–H and O–H groups in total. The molecule has 2 aromatic carbocycles. The van der Waals surface area contributed by atoms with Crippen LogP contribution >= 0.6 is 0 Å². The van der Waals surface area contributed by atoms with Crippen LogP contribution in [0.1, 0.15) is 44.6 Å². The SMILES string of the molecule is CC(C)c1cc2c(c(-c3cccc(N4CC(C(=O)[O-])C4)c3)c1)NCC1(CCC1)O2. The van der Waals surface area contributed by atoms with Crippen molar-refractivity contribution in [1.29, 1.82) is 0 Å². The first-order valence-corrected chi connectivity index (χ1v) is 10.6. The number of carbonyl (C=O) groups is 1. The second-order valence-electron chi connectivity index (χ2n) is 9.06. The molecule has 5 heteroatoms. The number of carboxylic acids is 1. The van der Waals surface area contributed by atoms with E-state index in [2.05, 4.69) is 48.3 Å². The minimum Gasteiger partial charge on any atom is -0.550 e. The van der Waals surface area contributed by atoms with Crippen LogP contribution in [-0.2, 0) is 4.79 Å². The molecule has 2 aromatic rings. The highest BCUT2D eigenvalue weighted by Crippen LogP contribution is 2.48. The van der Waals surface area contributed by atoms with E-state index in [0.717, 1.165) is 47.6 Å². The van der Waals surface area contributed by atoms with Crippen molar-refractivity contribution >= 4 is 17.3 Å².